The average molecular weight is 388 g/mol. The summed E-state index contributed by atoms with van der Waals surface area (Å²) in [7, 11) is 0. The second-order valence-electron chi connectivity index (χ2n) is 8.48. The summed E-state index contributed by atoms with van der Waals surface area (Å²) in [5, 5.41) is 12.3. The largest absolute Gasteiger partial charge is 0.444 e. The quantitative estimate of drug-likeness (QED) is 0.695. The van der Waals surface area contributed by atoms with Crippen LogP contribution in [0.1, 0.15) is 54.3 Å². The zero-order valence-corrected chi connectivity index (χ0v) is 17.1. The van der Waals surface area contributed by atoms with Gasteiger partial charge in [-0.3, -0.25) is 9.69 Å². The Kier molecular flexibility index (Phi) is 7.06. The Morgan fingerprint density at radius 3 is 2.46 bits per heavy atom. The molecule has 2 bridgehead atoms. The van der Waals surface area contributed by atoms with E-state index in [9.17, 15) is 14.9 Å². The summed E-state index contributed by atoms with van der Waals surface area (Å²) >= 11 is 0. The molecular weight excluding hydrogens is 354 g/mol. The van der Waals surface area contributed by atoms with Crippen LogP contribution < -0.4 is 5.32 Å². The topological polar surface area (TPSA) is 82.4 Å². The first kappa shape index (κ1) is 21.7. The first-order valence-corrected chi connectivity index (χ1v) is 9.85. The number of nitrogens with zero attached hydrogens (tertiary/aromatic N) is 2. The summed E-state index contributed by atoms with van der Waals surface area (Å²) in [6.07, 6.45) is 8.51. The molecule has 0 aromatic rings. The molecule has 0 spiro atoms. The molecule has 2 atom stereocenters. The van der Waals surface area contributed by atoms with Gasteiger partial charge in [0.15, 0.2) is 0 Å². The number of hydrogen-bond donors (Lipinski definition) is 1. The van der Waals surface area contributed by atoms with Crippen LogP contribution in [-0.4, -0.2) is 40.6 Å². The molecule has 0 radical (unpaired) electrons. The summed E-state index contributed by atoms with van der Waals surface area (Å²) in [5.41, 5.74) is 0.189. The van der Waals surface area contributed by atoms with Crippen molar-refractivity contribution in [3.05, 3.63) is 37.0 Å². The molecular formula is C22H33N3O3. The molecule has 2 amide bonds. The van der Waals surface area contributed by atoms with Crippen LogP contribution in [-0.2, 0) is 9.53 Å². The van der Waals surface area contributed by atoms with Gasteiger partial charge >= 0.3 is 6.09 Å². The van der Waals surface area contributed by atoms with Gasteiger partial charge in [-0.2, -0.15) is 5.26 Å². The van der Waals surface area contributed by atoms with Crippen molar-refractivity contribution in [3.8, 4) is 6.07 Å². The van der Waals surface area contributed by atoms with Crippen molar-refractivity contribution >= 4 is 12.0 Å². The molecule has 2 saturated heterocycles. The number of fused-ring (bicyclic) bond motifs is 3. The van der Waals surface area contributed by atoms with E-state index < -0.39 is 23.8 Å². The number of rotatable bonds is 6. The van der Waals surface area contributed by atoms with Crippen LogP contribution in [0.2, 0.25) is 0 Å². The maximum absolute atomic E-state index is 13.1. The number of nitriles is 1. The smallest absolute Gasteiger partial charge is 0.411 e. The number of nitrogens with one attached hydrogen (secondary N) is 1. The summed E-state index contributed by atoms with van der Waals surface area (Å²) in [6.45, 7) is 12.8. The lowest BCUT2D eigenvalue weighted by molar-refractivity contribution is -0.135. The Hall–Kier alpha value is -2.55. The van der Waals surface area contributed by atoms with Crippen molar-refractivity contribution in [1.82, 2.24) is 10.2 Å². The van der Waals surface area contributed by atoms with Crippen molar-refractivity contribution in [1.29, 1.82) is 5.26 Å². The van der Waals surface area contributed by atoms with Gasteiger partial charge in [-0.25, -0.2) is 4.79 Å². The highest BCUT2D eigenvalue weighted by Crippen LogP contribution is 2.40. The fourth-order valence-corrected chi connectivity index (χ4v) is 4.06. The molecule has 6 heteroatoms. The van der Waals surface area contributed by atoms with Crippen molar-refractivity contribution < 1.29 is 15.8 Å². The standard InChI is InChI=1S/C22H31N3O3.H2/c1-6-8-15(7-2)13-17(14-23)24-20(26)19-16-9-11-18(12-10-16)25(19)21(27)28-22(3,4)5;/h6-8,16-19H,1-2,9-13H2,3-5H3,(H,24,26);1H/b15-8+;/t16?,17-,18?,19-;/m0./s1. The third-order valence-electron chi connectivity index (χ3n) is 5.26. The van der Waals surface area contributed by atoms with E-state index in [-0.39, 0.29) is 19.3 Å². The van der Waals surface area contributed by atoms with Crippen molar-refractivity contribution in [2.24, 2.45) is 5.92 Å². The van der Waals surface area contributed by atoms with Crippen molar-refractivity contribution in [3.63, 3.8) is 0 Å². The monoisotopic (exact) mass is 387 g/mol. The lowest BCUT2D eigenvalue weighted by Gasteiger charge is -2.50. The first-order chi connectivity index (χ1) is 13.2. The van der Waals surface area contributed by atoms with E-state index in [0.29, 0.717) is 6.42 Å². The SMILES string of the molecule is C=C/C=C(\C=C)C[C@@H](C#N)NC(=O)[C@@H]1C2CCC(CC2)N1C(=O)OC(C)(C)C.[HH]. The van der Waals surface area contributed by atoms with E-state index in [1.807, 2.05) is 20.8 Å². The fraction of sp³-hybridized carbons (Fsp3) is 0.591. The minimum Gasteiger partial charge on any atom is -0.444 e. The second kappa shape index (κ2) is 9.09. The molecule has 0 aromatic heterocycles. The minimum absolute atomic E-state index is 0. The van der Waals surface area contributed by atoms with Gasteiger partial charge in [-0.05, 0) is 57.9 Å². The number of amides is 2. The number of piperidine rings is 2. The molecule has 1 aliphatic carbocycles. The normalized spacial score (nSPS) is 25.4. The number of ether oxygens (including phenoxy) is 1. The van der Waals surface area contributed by atoms with E-state index >= 15 is 0 Å². The lowest BCUT2D eigenvalue weighted by Crippen LogP contribution is -2.64. The van der Waals surface area contributed by atoms with Crippen LogP contribution in [0, 0.1) is 17.2 Å². The number of carbonyl (C=O) groups is 2. The van der Waals surface area contributed by atoms with Crippen LogP contribution in [0.15, 0.2) is 37.0 Å². The molecule has 28 heavy (non-hydrogen) atoms. The van der Waals surface area contributed by atoms with E-state index in [1.165, 1.54) is 0 Å². The maximum Gasteiger partial charge on any atom is 0.411 e. The Morgan fingerprint density at radius 2 is 1.96 bits per heavy atom. The summed E-state index contributed by atoms with van der Waals surface area (Å²) in [6, 6.07) is 0.861. The summed E-state index contributed by atoms with van der Waals surface area (Å²) in [4.78, 5) is 27.5. The molecule has 3 fully saturated rings. The van der Waals surface area contributed by atoms with Gasteiger partial charge in [0.05, 0.1) is 6.07 Å². The van der Waals surface area contributed by atoms with Gasteiger partial charge in [0.1, 0.15) is 17.7 Å². The molecule has 154 valence electrons. The number of allylic oxidation sites excluding steroid dienone is 3. The minimum atomic E-state index is -0.697. The van der Waals surface area contributed by atoms with Crippen molar-refractivity contribution in [2.75, 3.05) is 0 Å². The summed E-state index contributed by atoms with van der Waals surface area (Å²) < 4.78 is 5.56. The van der Waals surface area contributed by atoms with Gasteiger partial charge in [0, 0.05) is 13.9 Å². The predicted molar refractivity (Wildman–Crippen MR) is 110 cm³/mol. The fourth-order valence-electron chi connectivity index (χ4n) is 4.06. The van der Waals surface area contributed by atoms with E-state index in [1.54, 1.807) is 23.1 Å². The average Bonchev–Trinajstić information content (AvgIpc) is 2.65. The molecule has 3 aliphatic rings. The molecule has 2 heterocycles. The van der Waals surface area contributed by atoms with Crippen LogP contribution in [0.25, 0.3) is 0 Å². The maximum atomic E-state index is 13.1. The van der Waals surface area contributed by atoms with Gasteiger partial charge in [0.25, 0.3) is 0 Å². The Morgan fingerprint density at radius 1 is 1.32 bits per heavy atom. The van der Waals surface area contributed by atoms with Gasteiger partial charge in [-0.1, -0.05) is 31.4 Å². The van der Waals surface area contributed by atoms with Crippen LogP contribution in [0.5, 0.6) is 0 Å². The number of carbonyl (C=O) groups excluding carboxylic acids is 2. The molecule has 1 saturated carbocycles. The zero-order valence-electron chi connectivity index (χ0n) is 17.1. The van der Waals surface area contributed by atoms with Crippen molar-refractivity contribution in [2.45, 2.75) is 76.6 Å². The highest BCUT2D eigenvalue weighted by molar-refractivity contribution is 5.87. The third-order valence-corrected chi connectivity index (χ3v) is 5.26. The molecule has 0 unspecified atom stereocenters. The lowest BCUT2D eigenvalue weighted by atomic mass is 9.74. The highest BCUT2D eigenvalue weighted by atomic mass is 16.6. The highest BCUT2D eigenvalue weighted by Gasteiger charge is 2.49. The molecule has 3 rings (SSSR count). The van der Waals surface area contributed by atoms with Gasteiger partial charge in [0.2, 0.25) is 5.91 Å². The van der Waals surface area contributed by atoms with E-state index in [4.69, 9.17) is 4.74 Å². The first-order valence-electron chi connectivity index (χ1n) is 9.85. The molecule has 2 aliphatic heterocycles. The molecule has 6 nitrogen and oxygen atoms in total. The Bertz CT molecular complexity index is 697. The van der Waals surface area contributed by atoms with E-state index in [0.717, 1.165) is 31.3 Å². The van der Waals surface area contributed by atoms with Gasteiger partial charge < -0.3 is 10.1 Å². The van der Waals surface area contributed by atoms with Crippen LogP contribution >= 0.6 is 0 Å². The van der Waals surface area contributed by atoms with Gasteiger partial charge in [-0.15, -0.1) is 0 Å². The second-order valence-corrected chi connectivity index (χ2v) is 8.48. The number of hydrogen-bond acceptors (Lipinski definition) is 4. The van der Waals surface area contributed by atoms with E-state index in [2.05, 4.69) is 24.5 Å². The third kappa shape index (κ3) is 5.25. The predicted octanol–water partition coefficient (Wildman–Crippen LogP) is 4.11. The molecule has 0 aromatic carbocycles. The summed E-state index contributed by atoms with van der Waals surface area (Å²) in [5.74, 6) is -0.187. The van der Waals surface area contributed by atoms with Crippen LogP contribution in [0.4, 0.5) is 4.79 Å². The Balaban J connectivity index is 0.00000420. The zero-order chi connectivity index (χ0) is 20.9. The molecule has 1 N–H and O–H groups in total. The van der Waals surface area contributed by atoms with Crippen LogP contribution in [0.3, 0.4) is 0 Å². The Labute approximate surface area is 169 Å².